The van der Waals surface area contributed by atoms with Gasteiger partial charge in [-0.2, -0.15) is 0 Å². The van der Waals surface area contributed by atoms with E-state index in [9.17, 15) is 9.59 Å². The maximum atomic E-state index is 12.3. The summed E-state index contributed by atoms with van der Waals surface area (Å²) in [6, 6.07) is 16.8. The van der Waals surface area contributed by atoms with Gasteiger partial charge in [0.1, 0.15) is 11.5 Å². The lowest BCUT2D eigenvalue weighted by molar-refractivity contribution is -0.139. The maximum Gasteiger partial charge on any atom is 0.310 e. The van der Waals surface area contributed by atoms with Crippen LogP contribution >= 0.6 is 11.3 Å². The van der Waals surface area contributed by atoms with Gasteiger partial charge in [0.25, 0.3) is 0 Å². The van der Waals surface area contributed by atoms with Crippen LogP contribution in [-0.4, -0.2) is 37.7 Å². The van der Waals surface area contributed by atoms with Crippen LogP contribution in [0.4, 0.5) is 5.13 Å². The number of carbonyl (C=O) groups is 2. The van der Waals surface area contributed by atoms with E-state index in [1.165, 1.54) is 18.4 Å². The first-order chi connectivity index (χ1) is 15.1. The van der Waals surface area contributed by atoms with Crippen LogP contribution in [0.5, 0.6) is 11.5 Å². The summed E-state index contributed by atoms with van der Waals surface area (Å²) < 4.78 is 15.5. The van der Waals surface area contributed by atoms with Crippen LogP contribution in [-0.2, 0) is 20.7 Å². The van der Waals surface area contributed by atoms with Crippen LogP contribution in [0.15, 0.2) is 54.6 Å². The molecule has 0 radical (unpaired) electrons. The van der Waals surface area contributed by atoms with Gasteiger partial charge in [-0.15, -0.1) is 11.3 Å². The molecular formula is C23H24N2O5S. The lowest BCUT2D eigenvalue weighted by Gasteiger charge is -2.07. The van der Waals surface area contributed by atoms with Gasteiger partial charge in [-0.25, -0.2) is 4.98 Å². The molecule has 0 saturated carbocycles. The minimum absolute atomic E-state index is 0.101. The van der Waals surface area contributed by atoms with E-state index < -0.39 is 0 Å². The lowest BCUT2D eigenvalue weighted by Crippen LogP contribution is -2.12. The third kappa shape index (κ3) is 6.55. The molecule has 0 fully saturated rings. The van der Waals surface area contributed by atoms with Crippen LogP contribution in [0.1, 0.15) is 17.7 Å². The van der Waals surface area contributed by atoms with Gasteiger partial charge in [0.15, 0.2) is 5.13 Å². The molecule has 0 atom stereocenters. The molecule has 3 aromatic rings. The normalized spacial score (nSPS) is 10.4. The zero-order valence-corrected chi connectivity index (χ0v) is 18.2. The number of anilines is 1. The number of benzene rings is 2. The van der Waals surface area contributed by atoms with Crippen molar-refractivity contribution in [1.29, 1.82) is 0 Å². The molecule has 162 valence electrons. The third-order valence-electron chi connectivity index (χ3n) is 4.40. The van der Waals surface area contributed by atoms with Crippen molar-refractivity contribution in [3.63, 3.8) is 0 Å². The Morgan fingerprint density at radius 3 is 2.39 bits per heavy atom. The molecule has 1 amide bonds. The number of hydrogen-bond acceptors (Lipinski definition) is 7. The molecule has 0 spiro atoms. The van der Waals surface area contributed by atoms with E-state index in [0.29, 0.717) is 30.3 Å². The number of esters is 1. The van der Waals surface area contributed by atoms with E-state index in [1.54, 1.807) is 7.11 Å². The highest BCUT2D eigenvalue weighted by atomic mass is 32.1. The van der Waals surface area contributed by atoms with Crippen LogP contribution in [0, 0.1) is 0 Å². The average molecular weight is 441 g/mol. The highest BCUT2D eigenvalue weighted by Gasteiger charge is 2.17. The van der Waals surface area contributed by atoms with Gasteiger partial charge in [-0.1, -0.05) is 30.3 Å². The number of carbonyl (C=O) groups excluding carboxylic acids is 2. The summed E-state index contributed by atoms with van der Waals surface area (Å²) in [6.07, 6.45) is 0.955. The molecule has 1 N–H and O–H groups in total. The third-order valence-corrected chi connectivity index (χ3v) is 5.37. The van der Waals surface area contributed by atoms with E-state index in [4.69, 9.17) is 14.2 Å². The first-order valence-corrected chi connectivity index (χ1v) is 10.6. The molecule has 2 aromatic carbocycles. The fourth-order valence-electron chi connectivity index (χ4n) is 2.83. The smallest absolute Gasteiger partial charge is 0.310 e. The first kappa shape index (κ1) is 22.3. The monoisotopic (exact) mass is 440 g/mol. The zero-order valence-electron chi connectivity index (χ0n) is 17.4. The van der Waals surface area contributed by atoms with Crippen molar-refractivity contribution in [3.05, 3.63) is 59.5 Å². The van der Waals surface area contributed by atoms with E-state index in [-0.39, 0.29) is 18.3 Å². The Morgan fingerprint density at radius 1 is 1.00 bits per heavy atom. The molecule has 0 aliphatic heterocycles. The van der Waals surface area contributed by atoms with Crippen molar-refractivity contribution in [3.8, 4) is 22.8 Å². The molecule has 8 heteroatoms. The molecule has 7 nitrogen and oxygen atoms in total. The number of rotatable bonds is 10. The highest BCUT2D eigenvalue weighted by molar-refractivity contribution is 7.16. The Morgan fingerprint density at radius 2 is 1.71 bits per heavy atom. The number of hydrogen-bond donors (Lipinski definition) is 1. The Balaban J connectivity index is 1.55. The van der Waals surface area contributed by atoms with Crippen molar-refractivity contribution >= 4 is 28.3 Å². The summed E-state index contributed by atoms with van der Waals surface area (Å²) in [7, 11) is 2.96. The Bertz CT molecular complexity index is 1000. The number of nitrogens with one attached hydrogen (secondary N) is 1. The second kappa shape index (κ2) is 11.1. The van der Waals surface area contributed by atoms with Crippen LogP contribution in [0.25, 0.3) is 11.3 Å². The molecule has 0 aliphatic carbocycles. The van der Waals surface area contributed by atoms with Gasteiger partial charge in [0.05, 0.1) is 32.9 Å². The van der Waals surface area contributed by atoms with Crippen molar-refractivity contribution in [1.82, 2.24) is 4.98 Å². The van der Waals surface area contributed by atoms with Crippen molar-refractivity contribution in [2.75, 3.05) is 26.1 Å². The van der Waals surface area contributed by atoms with E-state index >= 15 is 0 Å². The van der Waals surface area contributed by atoms with Gasteiger partial charge in [0, 0.05) is 16.9 Å². The Labute approximate surface area is 185 Å². The largest absolute Gasteiger partial charge is 0.497 e. The van der Waals surface area contributed by atoms with Crippen LogP contribution in [0.3, 0.4) is 0 Å². The maximum absolute atomic E-state index is 12.3. The number of ether oxygens (including phenoxy) is 3. The van der Waals surface area contributed by atoms with E-state index in [0.717, 1.165) is 21.9 Å². The number of amides is 1. The Hall–Kier alpha value is -3.39. The van der Waals surface area contributed by atoms with Crippen LogP contribution in [0.2, 0.25) is 0 Å². The fourth-order valence-corrected chi connectivity index (χ4v) is 3.81. The molecule has 1 aromatic heterocycles. The molecule has 3 rings (SSSR count). The van der Waals surface area contributed by atoms with Gasteiger partial charge in [0.2, 0.25) is 5.91 Å². The van der Waals surface area contributed by atoms with E-state index in [1.807, 2.05) is 54.6 Å². The van der Waals surface area contributed by atoms with Gasteiger partial charge in [-0.05, 0) is 30.7 Å². The van der Waals surface area contributed by atoms with Gasteiger partial charge in [-0.3, -0.25) is 9.59 Å². The first-order valence-electron chi connectivity index (χ1n) is 9.77. The standard InChI is InChI=1S/C23H24N2O5S/c1-28-17-10-12-18(13-11-17)30-14-6-9-20(26)24-23-25-22(16-7-4-3-5-8-16)19(31-23)15-21(27)29-2/h3-5,7-8,10-13H,6,9,14-15H2,1-2H3,(H,24,25,26). The van der Waals surface area contributed by atoms with Gasteiger partial charge < -0.3 is 19.5 Å². The summed E-state index contributed by atoms with van der Waals surface area (Å²) >= 11 is 1.28. The molecule has 0 unspecified atom stereocenters. The predicted molar refractivity (Wildman–Crippen MR) is 120 cm³/mol. The fraction of sp³-hybridized carbons (Fsp3) is 0.261. The minimum atomic E-state index is -0.352. The predicted octanol–water partition coefficient (Wildman–Crippen LogP) is 4.33. The molecular weight excluding hydrogens is 416 g/mol. The molecule has 0 aliphatic rings. The van der Waals surface area contributed by atoms with Crippen LogP contribution < -0.4 is 14.8 Å². The summed E-state index contributed by atoms with van der Waals surface area (Å²) in [5, 5.41) is 3.28. The molecule has 31 heavy (non-hydrogen) atoms. The zero-order chi connectivity index (χ0) is 22.1. The topological polar surface area (TPSA) is 86.8 Å². The Kier molecular flexibility index (Phi) is 8.00. The second-order valence-electron chi connectivity index (χ2n) is 6.59. The number of methoxy groups -OCH3 is 2. The van der Waals surface area contributed by atoms with E-state index in [2.05, 4.69) is 10.3 Å². The molecule has 1 heterocycles. The summed E-state index contributed by atoms with van der Waals surface area (Å²) in [5.74, 6) is 0.975. The van der Waals surface area contributed by atoms with Gasteiger partial charge >= 0.3 is 5.97 Å². The summed E-state index contributed by atoms with van der Waals surface area (Å²) in [5.41, 5.74) is 1.56. The average Bonchev–Trinajstić information content (AvgIpc) is 3.19. The highest BCUT2D eigenvalue weighted by Crippen LogP contribution is 2.32. The quantitative estimate of drug-likeness (QED) is 0.373. The lowest BCUT2D eigenvalue weighted by atomic mass is 10.1. The van der Waals surface area contributed by atoms with Crippen molar-refractivity contribution < 1.29 is 23.8 Å². The second-order valence-corrected chi connectivity index (χ2v) is 7.67. The molecule has 0 saturated heterocycles. The van der Waals surface area contributed by atoms with Crippen molar-refractivity contribution in [2.45, 2.75) is 19.3 Å². The molecule has 0 bridgehead atoms. The SMILES string of the molecule is COC(=O)Cc1sc(NC(=O)CCCOc2ccc(OC)cc2)nc1-c1ccccc1. The number of thiazole rings is 1. The number of aromatic nitrogens is 1. The summed E-state index contributed by atoms with van der Waals surface area (Å²) in [6.45, 7) is 0.417. The number of nitrogens with zero attached hydrogens (tertiary/aromatic N) is 1. The van der Waals surface area contributed by atoms with Crippen molar-refractivity contribution in [2.24, 2.45) is 0 Å². The summed E-state index contributed by atoms with van der Waals surface area (Å²) in [4.78, 5) is 29.4. The minimum Gasteiger partial charge on any atom is -0.497 e.